The summed E-state index contributed by atoms with van der Waals surface area (Å²) in [7, 11) is 0. The van der Waals surface area contributed by atoms with Crippen LogP contribution < -0.4 is 5.43 Å². The van der Waals surface area contributed by atoms with Crippen LogP contribution in [-0.4, -0.2) is 11.1 Å². The van der Waals surface area contributed by atoms with Gasteiger partial charge in [-0.3, -0.25) is 15.5 Å². The lowest BCUT2D eigenvalue weighted by molar-refractivity contribution is -0.384. The Hall–Kier alpha value is -2.69. The summed E-state index contributed by atoms with van der Waals surface area (Å²) in [5.74, 6) is 0.196. The van der Waals surface area contributed by atoms with E-state index in [1.165, 1.54) is 17.7 Å². The van der Waals surface area contributed by atoms with Gasteiger partial charge >= 0.3 is 0 Å². The number of nitro groups is 1. The first-order valence-corrected chi connectivity index (χ1v) is 6.25. The van der Waals surface area contributed by atoms with Gasteiger partial charge in [0.25, 0.3) is 5.69 Å². The van der Waals surface area contributed by atoms with Crippen molar-refractivity contribution in [3.63, 3.8) is 0 Å². The largest absolute Gasteiger partial charge is 0.279 e. The summed E-state index contributed by atoms with van der Waals surface area (Å²) < 4.78 is 0. The SMILES string of the molecule is C[C@@H](/C=N\Nc1ccc([N+](=O)[O-])cc1)c1ccccc1. The van der Waals surface area contributed by atoms with Crippen molar-refractivity contribution in [2.75, 3.05) is 5.43 Å². The fourth-order valence-corrected chi connectivity index (χ4v) is 1.72. The van der Waals surface area contributed by atoms with E-state index in [4.69, 9.17) is 0 Å². The molecule has 0 aliphatic heterocycles. The maximum atomic E-state index is 10.5. The average Bonchev–Trinajstić information content (AvgIpc) is 2.48. The quantitative estimate of drug-likeness (QED) is 0.510. The van der Waals surface area contributed by atoms with Crippen molar-refractivity contribution < 1.29 is 4.92 Å². The maximum Gasteiger partial charge on any atom is 0.269 e. The van der Waals surface area contributed by atoms with Crippen LogP contribution in [0.3, 0.4) is 0 Å². The van der Waals surface area contributed by atoms with Crippen LogP contribution in [0.25, 0.3) is 0 Å². The van der Waals surface area contributed by atoms with Crippen molar-refractivity contribution in [3.8, 4) is 0 Å². The summed E-state index contributed by atoms with van der Waals surface area (Å²) in [6.45, 7) is 2.05. The lowest BCUT2D eigenvalue weighted by atomic mass is 10.0. The standard InChI is InChI=1S/C15H15N3O2/c1-12(13-5-3-2-4-6-13)11-16-17-14-7-9-15(10-8-14)18(19)20/h2-12,17H,1H3/b16-11-/t12-/m0/s1. The van der Waals surface area contributed by atoms with Gasteiger partial charge in [0, 0.05) is 24.3 Å². The van der Waals surface area contributed by atoms with Gasteiger partial charge in [0.1, 0.15) is 0 Å². The highest BCUT2D eigenvalue weighted by Crippen LogP contribution is 2.16. The van der Waals surface area contributed by atoms with Crippen LogP contribution in [0, 0.1) is 10.1 Å². The van der Waals surface area contributed by atoms with E-state index < -0.39 is 4.92 Å². The van der Waals surface area contributed by atoms with Crippen LogP contribution in [0.2, 0.25) is 0 Å². The predicted molar refractivity (Wildman–Crippen MR) is 80.1 cm³/mol. The number of hydrogen-bond acceptors (Lipinski definition) is 4. The molecule has 0 aliphatic rings. The highest BCUT2D eigenvalue weighted by atomic mass is 16.6. The second-order valence-corrected chi connectivity index (χ2v) is 4.39. The minimum atomic E-state index is -0.426. The van der Waals surface area contributed by atoms with E-state index in [0.717, 1.165) is 0 Å². The van der Waals surface area contributed by atoms with E-state index in [1.54, 1.807) is 18.3 Å². The third kappa shape index (κ3) is 3.65. The molecule has 2 aromatic rings. The fraction of sp³-hybridized carbons (Fsp3) is 0.133. The minimum absolute atomic E-state index is 0.0668. The molecule has 0 unspecified atom stereocenters. The Morgan fingerprint density at radius 3 is 2.40 bits per heavy atom. The molecule has 1 atom stereocenters. The van der Waals surface area contributed by atoms with Crippen LogP contribution >= 0.6 is 0 Å². The molecule has 5 nitrogen and oxygen atoms in total. The van der Waals surface area contributed by atoms with E-state index in [1.807, 2.05) is 30.3 Å². The molecule has 0 saturated carbocycles. The van der Waals surface area contributed by atoms with Gasteiger partial charge in [-0.25, -0.2) is 0 Å². The Kier molecular flexibility index (Phi) is 4.44. The van der Waals surface area contributed by atoms with Gasteiger partial charge in [0.2, 0.25) is 0 Å². The lowest BCUT2D eigenvalue weighted by Gasteiger charge is -2.05. The van der Waals surface area contributed by atoms with Crippen LogP contribution in [0.1, 0.15) is 18.4 Å². The van der Waals surface area contributed by atoms with Crippen LogP contribution in [0.5, 0.6) is 0 Å². The third-order valence-corrected chi connectivity index (χ3v) is 2.90. The number of anilines is 1. The number of rotatable bonds is 5. The van der Waals surface area contributed by atoms with Crippen LogP contribution in [0.15, 0.2) is 59.7 Å². The van der Waals surface area contributed by atoms with Gasteiger partial charge in [-0.15, -0.1) is 0 Å². The summed E-state index contributed by atoms with van der Waals surface area (Å²) in [6, 6.07) is 16.2. The smallest absolute Gasteiger partial charge is 0.269 e. The molecule has 20 heavy (non-hydrogen) atoms. The molecule has 1 N–H and O–H groups in total. The number of nitro benzene ring substituents is 1. The van der Waals surface area contributed by atoms with Crippen molar-refractivity contribution >= 4 is 17.6 Å². The number of nitrogens with zero attached hydrogens (tertiary/aromatic N) is 2. The Balaban J connectivity index is 1.94. The molecule has 0 fully saturated rings. The van der Waals surface area contributed by atoms with E-state index in [2.05, 4.69) is 17.5 Å². The van der Waals surface area contributed by atoms with Crippen LogP contribution in [0.4, 0.5) is 11.4 Å². The second kappa shape index (κ2) is 6.47. The van der Waals surface area contributed by atoms with E-state index >= 15 is 0 Å². The van der Waals surface area contributed by atoms with Crippen molar-refractivity contribution in [1.82, 2.24) is 0 Å². The Bertz CT molecular complexity index is 594. The molecule has 0 amide bonds. The first-order valence-electron chi connectivity index (χ1n) is 6.25. The molecule has 102 valence electrons. The Morgan fingerprint density at radius 2 is 1.80 bits per heavy atom. The molecular formula is C15H15N3O2. The summed E-state index contributed by atoms with van der Waals surface area (Å²) in [6.07, 6.45) is 1.80. The summed E-state index contributed by atoms with van der Waals surface area (Å²) >= 11 is 0. The van der Waals surface area contributed by atoms with Crippen molar-refractivity contribution in [1.29, 1.82) is 0 Å². The number of hydrogen-bond donors (Lipinski definition) is 1. The molecule has 2 aromatic carbocycles. The van der Waals surface area contributed by atoms with Crippen molar-refractivity contribution in [3.05, 3.63) is 70.3 Å². The molecule has 0 aliphatic carbocycles. The normalized spacial score (nSPS) is 12.2. The lowest BCUT2D eigenvalue weighted by Crippen LogP contribution is -1.97. The summed E-state index contributed by atoms with van der Waals surface area (Å²) in [4.78, 5) is 10.1. The van der Waals surface area contributed by atoms with Gasteiger partial charge in [-0.1, -0.05) is 37.3 Å². The molecule has 0 spiro atoms. The van der Waals surface area contributed by atoms with E-state index in [-0.39, 0.29) is 11.6 Å². The van der Waals surface area contributed by atoms with Gasteiger partial charge in [0.05, 0.1) is 10.6 Å². The third-order valence-electron chi connectivity index (χ3n) is 2.90. The van der Waals surface area contributed by atoms with Gasteiger partial charge in [0.15, 0.2) is 0 Å². The molecule has 5 heteroatoms. The highest BCUT2D eigenvalue weighted by molar-refractivity contribution is 5.68. The summed E-state index contributed by atoms with van der Waals surface area (Å²) in [5.41, 5.74) is 4.82. The molecule has 0 aromatic heterocycles. The molecule has 2 rings (SSSR count). The monoisotopic (exact) mass is 269 g/mol. The molecule has 0 heterocycles. The summed E-state index contributed by atoms with van der Waals surface area (Å²) in [5, 5.41) is 14.7. The number of nitrogens with one attached hydrogen (secondary N) is 1. The van der Waals surface area contributed by atoms with Crippen molar-refractivity contribution in [2.45, 2.75) is 12.8 Å². The van der Waals surface area contributed by atoms with E-state index in [0.29, 0.717) is 5.69 Å². The highest BCUT2D eigenvalue weighted by Gasteiger charge is 2.03. The zero-order valence-electron chi connectivity index (χ0n) is 11.1. The minimum Gasteiger partial charge on any atom is -0.279 e. The zero-order chi connectivity index (χ0) is 14.4. The van der Waals surface area contributed by atoms with Crippen molar-refractivity contribution in [2.24, 2.45) is 5.10 Å². The zero-order valence-corrected chi connectivity index (χ0v) is 11.1. The first kappa shape index (κ1) is 13.7. The van der Waals surface area contributed by atoms with Gasteiger partial charge in [-0.05, 0) is 17.7 Å². The second-order valence-electron chi connectivity index (χ2n) is 4.39. The molecular weight excluding hydrogens is 254 g/mol. The Morgan fingerprint density at radius 1 is 1.15 bits per heavy atom. The predicted octanol–water partition coefficient (Wildman–Crippen LogP) is 3.80. The van der Waals surface area contributed by atoms with E-state index in [9.17, 15) is 10.1 Å². The number of benzene rings is 2. The number of hydrazone groups is 1. The topological polar surface area (TPSA) is 67.5 Å². The molecule has 0 radical (unpaired) electrons. The Labute approximate surface area is 117 Å². The molecule has 0 bridgehead atoms. The maximum absolute atomic E-state index is 10.5. The first-order chi connectivity index (χ1) is 9.66. The fourth-order valence-electron chi connectivity index (χ4n) is 1.72. The number of non-ortho nitro benzene ring substituents is 1. The van der Waals surface area contributed by atoms with Crippen LogP contribution in [-0.2, 0) is 0 Å². The molecule has 0 saturated heterocycles. The average molecular weight is 269 g/mol. The van der Waals surface area contributed by atoms with Gasteiger partial charge < -0.3 is 0 Å². The van der Waals surface area contributed by atoms with Gasteiger partial charge in [-0.2, -0.15) is 5.10 Å².